The molecule has 0 fully saturated rings. The highest BCUT2D eigenvalue weighted by molar-refractivity contribution is 9.10. The number of hydrogen-bond donors (Lipinski definition) is 2. The fourth-order valence-corrected chi connectivity index (χ4v) is 2.29. The van der Waals surface area contributed by atoms with Gasteiger partial charge in [0.1, 0.15) is 0 Å². The number of amides is 1. The van der Waals surface area contributed by atoms with Crippen molar-refractivity contribution in [1.82, 2.24) is 10.2 Å². The first-order chi connectivity index (χ1) is 9.47. The summed E-state index contributed by atoms with van der Waals surface area (Å²) in [5.41, 5.74) is 1.20. The van der Waals surface area contributed by atoms with E-state index < -0.39 is 5.97 Å². The summed E-state index contributed by atoms with van der Waals surface area (Å²) in [5, 5.41) is 11.7. The van der Waals surface area contributed by atoms with Gasteiger partial charge in [0.2, 0.25) is 5.91 Å². The van der Waals surface area contributed by atoms with E-state index in [1.807, 2.05) is 18.7 Å². The zero-order valence-electron chi connectivity index (χ0n) is 11.6. The fourth-order valence-electron chi connectivity index (χ4n) is 1.79. The third-order valence-electron chi connectivity index (χ3n) is 2.88. The number of carbonyl (C=O) groups is 2. The number of halogens is 1. The van der Waals surface area contributed by atoms with Crippen molar-refractivity contribution in [3.05, 3.63) is 33.8 Å². The number of benzene rings is 1. The van der Waals surface area contributed by atoms with Gasteiger partial charge >= 0.3 is 5.97 Å². The van der Waals surface area contributed by atoms with E-state index in [0.717, 1.165) is 16.6 Å². The molecule has 0 aliphatic rings. The molecule has 0 aromatic heterocycles. The zero-order chi connectivity index (χ0) is 15.1. The number of carboxylic acids is 1. The molecule has 0 aliphatic carbocycles. The molecule has 0 aliphatic heterocycles. The number of nitrogens with zero attached hydrogens (tertiary/aromatic N) is 1. The predicted octanol–water partition coefficient (Wildman–Crippen LogP) is 2.11. The Balaban J connectivity index is 2.75. The first-order valence-electron chi connectivity index (χ1n) is 6.48. The van der Waals surface area contributed by atoms with Crippen LogP contribution in [0.1, 0.15) is 29.8 Å². The van der Waals surface area contributed by atoms with E-state index in [1.54, 1.807) is 18.2 Å². The van der Waals surface area contributed by atoms with Crippen molar-refractivity contribution < 1.29 is 14.7 Å². The van der Waals surface area contributed by atoms with E-state index in [1.165, 1.54) is 0 Å². The standard InChI is InChI=1S/C14H19BrN2O3/c1-3-16-13(18)9-17(4-2)8-11-6-5-10(14(19)20)7-12(11)15/h5-7H,3-4,8-9H2,1-2H3,(H,16,18)(H,19,20). The summed E-state index contributed by atoms with van der Waals surface area (Å²) in [4.78, 5) is 24.5. The molecule has 0 heterocycles. The van der Waals surface area contributed by atoms with Gasteiger partial charge in [-0.3, -0.25) is 9.69 Å². The van der Waals surface area contributed by atoms with Crippen LogP contribution in [0.2, 0.25) is 0 Å². The molecule has 0 saturated carbocycles. The van der Waals surface area contributed by atoms with Gasteiger partial charge in [0.15, 0.2) is 0 Å². The highest BCUT2D eigenvalue weighted by atomic mass is 79.9. The second-order valence-corrected chi connectivity index (χ2v) is 5.22. The molecule has 0 radical (unpaired) electrons. The van der Waals surface area contributed by atoms with Crippen molar-refractivity contribution >= 4 is 27.8 Å². The van der Waals surface area contributed by atoms with Gasteiger partial charge in [-0.15, -0.1) is 0 Å². The van der Waals surface area contributed by atoms with E-state index in [9.17, 15) is 9.59 Å². The van der Waals surface area contributed by atoms with Crippen LogP contribution in [0.15, 0.2) is 22.7 Å². The number of nitrogens with one attached hydrogen (secondary N) is 1. The molecule has 2 N–H and O–H groups in total. The lowest BCUT2D eigenvalue weighted by atomic mass is 10.1. The Labute approximate surface area is 127 Å². The minimum atomic E-state index is -0.952. The largest absolute Gasteiger partial charge is 0.478 e. The Morgan fingerprint density at radius 3 is 2.55 bits per heavy atom. The van der Waals surface area contributed by atoms with Crippen LogP contribution in [0.25, 0.3) is 0 Å². The third-order valence-corrected chi connectivity index (χ3v) is 3.62. The normalized spacial score (nSPS) is 10.6. The number of carboxylic acid groups (broad SMARTS) is 1. The molecule has 110 valence electrons. The molecular weight excluding hydrogens is 324 g/mol. The van der Waals surface area contributed by atoms with Gasteiger partial charge in [0.25, 0.3) is 0 Å². The molecule has 20 heavy (non-hydrogen) atoms. The van der Waals surface area contributed by atoms with Gasteiger partial charge in [0.05, 0.1) is 12.1 Å². The quantitative estimate of drug-likeness (QED) is 0.796. The highest BCUT2D eigenvalue weighted by Gasteiger charge is 2.12. The van der Waals surface area contributed by atoms with Crippen LogP contribution in [0, 0.1) is 0 Å². The molecule has 0 bridgehead atoms. The third kappa shape index (κ3) is 4.94. The first-order valence-corrected chi connectivity index (χ1v) is 7.28. The topological polar surface area (TPSA) is 69.6 Å². The second kappa shape index (κ2) is 8.01. The molecule has 1 rings (SSSR count). The van der Waals surface area contributed by atoms with Crippen molar-refractivity contribution in [2.45, 2.75) is 20.4 Å². The van der Waals surface area contributed by atoms with Crippen molar-refractivity contribution in [3.63, 3.8) is 0 Å². The number of likely N-dealkylation sites (N-methyl/N-ethyl adjacent to an activating group) is 2. The average molecular weight is 343 g/mol. The minimum absolute atomic E-state index is 0.00683. The molecule has 1 amide bonds. The SMILES string of the molecule is CCNC(=O)CN(CC)Cc1ccc(C(=O)O)cc1Br. The molecule has 0 atom stereocenters. The Kier molecular flexibility index (Phi) is 6.67. The molecule has 6 heteroatoms. The number of aromatic carboxylic acids is 1. The maximum atomic E-state index is 11.6. The van der Waals surface area contributed by atoms with Gasteiger partial charge in [-0.1, -0.05) is 28.9 Å². The van der Waals surface area contributed by atoms with Gasteiger partial charge in [-0.2, -0.15) is 0 Å². The highest BCUT2D eigenvalue weighted by Crippen LogP contribution is 2.20. The van der Waals surface area contributed by atoms with Crippen LogP contribution in [0.3, 0.4) is 0 Å². The Bertz CT molecular complexity index is 491. The van der Waals surface area contributed by atoms with Crippen LogP contribution in [0.5, 0.6) is 0 Å². The van der Waals surface area contributed by atoms with Gasteiger partial charge in [0, 0.05) is 17.6 Å². The molecule has 1 aromatic carbocycles. The lowest BCUT2D eigenvalue weighted by molar-refractivity contribution is -0.122. The maximum absolute atomic E-state index is 11.6. The van der Waals surface area contributed by atoms with E-state index in [-0.39, 0.29) is 11.5 Å². The maximum Gasteiger partial charge on any atom is 0.335 e. The van der Waals surface area contributed by atoms with Crippen LogP contribution < -0.4 is 5.32 Å². The Morgan fingerprint density at radius 2 is 2.05 bits per heavy atom. The van der Waals surface area contributed by atoms with E-state index in [4.69, 9.17) is 5.11 Å². The summed E-state index contributed by atoms with van der Waals surface area (Å²) in [6, 6.07) is 4.92. The molecule has 0 saturated heterocycles. The monoisotopic (exact) mass is 342 g/mol. The number of carbonyl (C=O) groups excluding carboxylic acids is 1. The van der Waals surface area contributed by atoms with E-state index >= 15 is 0 Å². The zero-order valence-corrected chi connectivity index (χ0v) is 13.2. The minimum Gasteiger partial charge on any atom is -0.478 e. The van der Waals surface area contributed by atoms with Crippen LogP contribution >= 0.6 is 15.9 Å². The molecule has 0 unspecified atom stereocenters. The molecule has 5 nitrogen and oxygen atoms in total. The summed E-state index contributed by atoms with van der Waals surface area (Å²) in [6.45, 7) is 6.15. The molecule has 1 aromatic rings. The fraction of sp³-hybridized carbons (Fsp3) is 0.429. The summed E-state index contributed by atoms with van der Waals surface area (Å²) >= 11 is 3.38. The van der Waals surface area contributed by atoms with Gasteiger partial charge in [-0.25, -0.2) is 4.79 Å². The van der Waals surface area contributed by atoms with Gasteiger partial charge < -0.3 is 10.4 Å². The van der Waals surface area contributed by atoms with Crippen LogP contribution in [-0.4, -0.2) is 41.5 Å². The molecule has 0 spiro atoms. The summed E-state index contributed by atoms with van der Waals surface area (Å²) in [7, 11) is 0. The van der Waals surface area contributed by atoms with Crippen molar-refractivity contribution in [2.24, 2.45) is 0 Å². The van der Waals surface area contributed by atoms with E-state index in [2.05, 4.69) is 21.2 Å². The van der Waals surface area contributed by atoms with Gasteiger partial charge in [-0.05, 0) is 31.2 Å². The van der Waals surface area contributed by atoms with Crippen molar-refractivity contribution in [2.75, 3.05) is 19.6 Å². The smallest absolute Gasteiger partial charge is 0.335 e. The second-order valence-electron chi connectivity index (χ2n) is 4.37. The Hall–Kier alpha value is -1.40. The first kappa shape index (κ1) is 16.7. The number of hydrogen-bond acceptors (Lipinski definition) is 3. The number of rotatable bonds is 7. The van der Waals surface area contributed by atoms with Crippen molar-refractivity contribution in [1.29, 1.82) is 0 Å². The Morgan fingerprint density at radius 1 is 1.35 bits per heavy atom. The molecular formula is C14H19BrN2O3. The van der Waals surface area contributed by atoms with E-state index in [0.29, 0.717) is 19.6 Å². The summed E-state index contributed by atoms with van der Waals surface area (Å²) in [6.07, 6.45) is 0. The summed E-state index contributed by atoms with van der Waals surface area (Å²) < 4.78 is 0.742. The average Bonchev–Trinajstić information content (AvgIpc) is 2.40. The van der Waals surface area contributed by atoms with Crippen LogP contribution in [-0.2, 0) is 11.3 Å². The van der Waals surface area contributed by atoms with Crippen LogP contribution in [0.4, 0.5) is 0 Å². The van der Waals surface area contributed by atoms with Crippen molar-refractivity contribution in [3.8, 4) is 0 Å². The predicted molar refractivity (Wildman–Crippen MR) is 80.7 cm³/mol. The lowest BCUT2D eigenvalue weighted by Gasteiger charge is -2.20. The lowest BCUT2D eigenvalue weighted by Crippen LogP contribution is -2.36. The summed E-state index contributed by atoms with van der Waals surface area (Å²) in [5.74, 6) is -0.959.